The molecule has 0 aromatic heterocycles. The lowest BCUT2D eigenvalue weighted by atomic mass is 9.92. The Balaban J connectivity index is 1.31. The maximum absolute atomic E-state index is 13.0. The lowest BCUT2D eigenvalue weighted by molar-refractivity contribution is -0.138. The first-order valence-corrected chi connectivity index (χ1v) is 9.99. The van der Waals surface area contributed by atoms with Crippen molar-refractivity contribution in [2.45, 2.75) is 56.7 Å². The molecular formula is C21H29N3O2. The smallest absolute Gasteiger partial charge is 0.253 e. The molecule has 3 aliphatic rings. The molecule has 0 aliphatic carbocycles. The standard InChI is InChI=1S/C21H29N3O2/c1-23(19-13-17-7-8-18(14-19)22-17)20(25)16-9-11-24(12-10-16)21(26)15-5-3-2-4-6-15/h2-6,16-19,22H,7-14H2,1H3. The van der Waals surface area contributed by atoms with E-state index in [-0.39, 0.29) is 17.7 Å². The summed E-state index contributed by atoms with van der Waals surface area (Å²) in [5.74, 6) is 0.426. The predicted octanol–water partition coefficient (Wildman–Crippen LogP) is 2.28. The molecule has 5 heteroatoms. The summed E-state index contributed by atoms with van der Waals surface area (Å²) in [5, 5.41) is 3.65. The van der Waals surface area contributed by atoms with Crippen molar-refractivity contribution in [1.29, 1.82) is 0 Å². The molecule has 1 aromatic rings. The van der Waals surface area contributed by atoms with Gasteiger partial charge in [-0.25, -0.2) is 0 Å². The van der Waals surface area contributed by atoms with Gasteiger partial charge in [-0.1, -0.05) is 18.2 Å². The van der Waals surface area contributed by atoms with E-state index in [1.54, 1.807) is 0 Å². The first kappa shape index (κ1) is 17.5. The first-order valence-electron chi connectivity index (χ1n) is 9.99. The molecule has 1 N–H and O–H groups in total. The van der Waals surface area contributed by atoms with E-state index in [1.165, 1.54) is 12.8 Å². The van der Waals surface area contributed by atoms with E-state index < -0.39 is 0 Å². The molecule has 2 atom stereocenters. The van der Waals surface area contributed by atoms with Crippen molar-refractivity contribution in [3.05, 3.63) is 35.9 Å². The molecule has 1 aromatic carbocycles. The number of carbonyl (C=O) groups excluding carboxylic acids is 2. The fraction of sp³-hybridized carbons (Fsp3) is 0.619. The zero-order valence-electron chi connectivity index (χ0n) is 15.6. The Kier molecular flexibility index (Phi) is 4.98. The van der Waals surface area contributed by atoms with Crippen LogP contribution in [0, 0.1) is 5.92 Å². The summed E-state index contributed by atoms with van der Waals surface area (Å²) in [5.41, 5.74) is 0.736. The SMILES string of the molecule is CN(C(=O)C1CCN(C(=O)c2ccccc2)CC1)C1CC2CCC(C1)N2. The Bertz CT molecular complexity index is 642. The molecule has 26 heavy (non-hydrogen) atoms. The quantitative estimate of drug-likeness (QED) is 0.905. The van der Waals surface area contributed by atoms with Crippen molar-refractivity contribution in [3.63, 3.8) is 0 Å². The monoisotopic (exact) mass is 355 g/mol. The molecule has 3 aliphatic heterocycles. The van der Waals surface area contributed by atoms with Crippen LogP contribution in [0.15, 0.2) is 30.3 Å². The molecule has 3 fully saturated rings. The minimum Gasteiger partial charge on any atom is -0.342 e. The van der Waals surface area contributed by atoms with Crippen LogP contribution in [0.4, 0.5) is 0 Å². The summed E-state index contributed by atoms with van der Waals surface area (Å²) >= 11 is 0. The van der Waals surface area contributed by atoms with E-state index >= 15 is 0 Å². The van der Waals surface area contributed by atoms with Crippen molar-refractivity contribution in [2.75, 3.05) is 20.1 Å². The number of hydrogen-bond acceptors (Lipinski definition) is 3. The van der Waals surface area contributed by atoms with Crippen LogP contribution in [-0.4, -0.2) is 59.9 Å². The number of carbonyl (C=O) groups is 2. The van der Waals surface area contributed by atoms with Gasteiger partial charge in [0.1, 0.15) is 0 Å². The minimum absolute atomic E-state index is 0.0624. The van der Waals surface area contributed by atoms with Gasteiger partial charge in [0, 0.05) is 49.7 Å². The highest BCUT2D eigenvalue weighted by Crippen LogP contribution is 2.31. The number of nitrogens with zero attached hydrogens (tertiary/aromatic N) is 2. The number of fused-ring (bicyclic) bond motifs is 2. The van der Waals surface area contributed by atoms with Crippen LogP contribution in [0.1, 0.15) is 48.9 Å². The summed E-state index contributed by atoms with van der Waals surface area (Å²) in [4.78, 5) is 29.5. The van der Waals surface area contributed by atoms with Crippen molar-refractivity contribution in [3.8, 4) is 0 Å². The molecule has 5 nitrogen and oxygen atoms in total. The Morgan fingerprint density at radius 3 is 2.23 bits per heavy atom. The highest BCUT2D eigenvalue weighted by Gasteiger charge is 2.38. The molecule has 3 heterocycles. The molecule has 2 amide bonds. The van der Waals surface area contributed by atoms with E-state index in [2.05, 4.69) is 5.32 Å². The Labute approximate surface area is 155 Å². The van der Waals surface area contributed by atoms with Crippen molar-refractivity contribution in [2.24, 2.45) is 5.92 Å². The van der Waals surface area contributed by atoms with Gasteiger partial charge in [0.2, 0.25) is 5.91 Å². The highest BCUT2D eigenvalue weighted by atomic mass is 16.2. The second-order valence-corrected chi connectivity index (χ2v) is 8.14. The number of rotatable bonds is 3. The van der Waals surface area contributed by atoms with E-state index in [0.29, 0.717) is 31.2 Å². The van der Waals surface area contributed by atoms with E-state index in [9.17, 15) is 9.59 Å². The van der Waals surface area contributed by atoms with Gasteiger partial charge in [0.15, 0.2) is 0 Å². The van der Waals surface area contributed by atoms with Crippen molar-refractivity contribution >= 4 is 11.8 Å². The molecule has 0 radical (unpaired) electrons. The summed E-state index contributed by atoms with van der Waals surface area (Å²) in [6, 6.07) is 11.0. The average Bonchev–Trinajstić information content (AvgIpc) is 3.04. The molecule has 2 unspecified atom stereocenters. The highest BCUT2D eigenvalue weighted by molar-refractivity contribution is 5.94. The fourth-order valence-corrected chi connectivity index (χ4v) is 4.90. The van der Waals surface area contributed by atoms with Crippen LogP contribution in [0.3, 0.4) is 0 Å². The molecular weight excluding hydrogens is 326 g/mol. The van der Waals surface area contributed by atoms with Gasteiger partial charge in [-0.3, -0.25) is 9.59 Å². The third kappa shape index (κ3) is 3.50. The number of amides is 2. The summed E-state index contributed by atoms with van der Waals surface area (Å²) in [6.45, 7) is 1.35. The zero-order valence-corrected chi connectivity index (χ0v) is 15.6. The van der Waals surface area contributed by atoms with Gasteiger partial charge in [0.05, 0.1) is 0 Å². The van der Waals surface area contributed by atoms with Gasteiger partial charge < -0.3 is 15.1 Å². The fourth-order valence-electron chi connectivity index (χ4n) is 4.90. The van der Waals surface area contributed by atoms with Crippen LogP contribution in [0.2, 0.25) is 0 Å². The third-order valence-corrected chi connectivity index (χ3v) is 6.50. The number of hydrogen-bond donors (Lipinski definition) is 1. The minimum atomic E-state index is 0.0624. The van der Waals surface area contributed by atoms with Gasteiger partial charge in [-0.05, 0) is 50.7 Å². The largest absolute Gasteiger partial charge is 0.342 e. The van der Waals surface area contributed by atoms with E-state index in [1.807, 2.05) is 47.2 Å². The molecule has 4 rings (SSSR count). The second kappa shape index (κ2) is 7.39. The molecule has 0 spiro atoms. The Morgan fingerprint density at radius 2 is 1.62 bits per heavy atom. The van der Waals surface area contributed by atoms with Crippen LogP contribution in [0.5, 0.6) is 0 Å². The van der Waals surface area contributed by atoms with Crippen LogP contribution < -0.4 is 5.32 Å². The molecule has 2 bridgehead atoms. The van der Waals surface area contributed by atoms with Gasteiger partial charge >= 0.3 is 0 Å². The van der Waals surface area contributed by atoms with Gasteiger partial charge in [-0.15, -0.1) is 0 Å². The van der Waals surface area contributed by atoms with E-state index in [4.69, 9.17) is 0 Å². The maximum atomic E-state index is 13.0. The number of likely N-dealkylation sites (tertiary alicyclic amines) is 1. The zero-order chi connectivity index (χ0) is 18.1. The van der Waals surface area contributed by atoms with E-state index in [0.717, 1.165) is 31.2 Å². The predicted molar refractivity (Wildman–Crippen MR) is 101 cm³/mol. The third-order valence-electron chi connectivity index (χ3n) is 6.50. The van der Waals surface area contributed by atoms with Crippen LogP contribution in [0.25, 0.3) is 0 Å². The molecule has 140 valence electrons. The van der Waals surface area contributed by atoms with Crippen LogP contribution >= 0.6 is 0 Å². The Morgan fingerprint density at radius 1 is 1.00 bits per heavy atom. The molecule has 0 saturated carbocycles. The van der Waals surface area contributed by atoms with Gasteiger partial charge in [-0.2, -0.15) is 0 Å². The van der Waals surface area contributed by atoms with Crippen molar-refractivity contribution < 1.29 is 9.59 Å². The van der Waals surface area contributed by atoms with Gasteiger partial charge in [0.25, 0.3) is 5.91 Å². The number of benzene rings is 1. The van der Waals surface area contributed by atoms with Crippen molar-refractivity contribution in [1.82, 2.24) is 15.1 Å². The maximum Gasteiger partial charge on any atom is 0.253 e. The number of piperidine rings is 2. The Hall–Kier alpha value is -1.88. The summed E-state index contributed by atoms with van der Waals surface area (Å²) < 4.78 is 0. The first-order chi connectivity index (χ1) is 12.6. The lowest BCUT2D eigenvalue weighted by Crippen LogP contribution is -2.51. The summed E-state index contributed by atoms with van der Waals surface area (Å²) in [6.07, 6.45) is 6.24. The molecule has 3 saturated heterocycles. The normalized spacial score (nSPS) is 28.8. The summed E-state index contributed by atoms with van der Waals surface area (Å²) in [7, 11) is 1.99. The second-order valence-electron chi connectivity index (χ2n) is 8.14. The van der Waals surface area contributed by atoms with Crippen LogP contribution in [-0.2, 0) is 4.79 Å². The number of nitrogens with one attached hydrogen (secondary N) is 1. The average molecular weight is 355 g/mol. The topological polar surface area (TPSA) is 52.7 Å². The lowest BCUT2D eigenvalue weighted by Gasteiger charge is -2.39.